The van der Waals surface area contributed by atoms with Crippen molar-refractivity contribution in [3.05, 3.63) is 0 Å². The molecular formula is C16H24N4O5. The summed E-state index contributed by atoms with van der Waals surface area (Å²) in [7, 11) is 0. The number of carbonyl (C=O) groups is 5. The molecule has 0 unspecified atom stereocenters. The van der Waals surface area contributed by atoms with E-state index in [1.54, 1.807) is 13.8 Å². The highest BCUT2D eigenvalue weighted by atomic mass is 16.2. The van der Waals surface area contributed by atoms with Crippen LogP contribution < -0.4 is 10.6 Å². The second kappa shape index (κ2) is 7.62. The van der Waals surface area contributed by atoms with Crippen LogP contribution >= 0.6 is 0 Å². The van der Waals surface area contributed by atoms with Gasteiger partial charge in [0, 0.05) is 12.1 Å². The number of amides is 7. The first-order valence-electron chi connectivity index (χ1n) is 8.51. The Bertz CT molecular complexity index is 603. The monoisotopic (exact) mass is 352 g/mol. The molecule has 1 aliphatic carbocycles. The van der Waals surface area contributed by atoms with Gasteiger partial charge in [-0.1, -0.05) is 19.8 Å². The molecule has 0 spiro atoms. The number of hydrogen-bond donors (Lipinski definition) is 2. The molecule has 138 valence electrons. The van der Waals surface area contributed by atoms with Gasteiger partial charge >= 0.3 is 23.9 Å². The molecule has 2 N–H and O–H groups in total. The maximum atomic E-state index is 12.1. The zero-order valence-corrected chi connectivity index (χ0v) is 14.7. The number of carbonyl (C=O) groups excluding carboxylic acids is 5. The number of urea groups is 2. The third-order valence-electron chi connectivity index (χ3n) is 4.58. The maximum Gasteiger partial charge on any atom is 0.334 e. The second-order valence-corrected chi connectivity index (χ2v) is 6.83. The molecule has 2 atom stereocenters. The quantitative estimate of drug-likeness (QED) is 0.567. The lowest BCUT2D eigenvalue weighted by atomic mass is 9.86. The van der Waals surface area contributed by atoms with E-state index < -0.39 is 42.4 Å². The molecule has 1 aliphatic heterocycles. The highest BCUT2D eigenvalue weighted by Crippen LogP contribution is 2.23. The fourth-order valence-corrected chi connectivity index (χ4v) is 3.16. The molecule has 1 saturated carbocycles. The standard InChI is InChI=1S/C16H24N4O5/c1-9(2)20-14(23)13(22)19(16(20)25)8-12(21)18-15(24)17-11-7-5-4-6-10(11)3/h9-11H,4-8H2,1-3H3,(H2,17,18,21,24)/t10-,11+/m1/s1. The van der Waals surface area contributed by atoms with Crippen LogP contribution in [-0.2, 0) is 14.4 Å². The van der Waals surface area contributed by atoms with Gasteiger partial charge in [0.2, 0.25) is 5.91 Å². The van der Waals surface area contributed by atoms with Gasteiger partial charge in [0.1, 0.15) is 6.54 Å². The van der Waals surface area contributed by atoms with Crippen molar-refractivity contribution in [3.8, 4) is 0 Å². The van der Waals surface area contributed by atoms with Crippen LogP contribution in [0.25, 0.3) is 0 Å². The van der Waals surface area contributed by atoms with E-state index >= 15 is 0 Å². The minimum Gasteiger partial charge on any atom is -0.335 e. The summed E-state index contributed by atoms with van der Waals surface area (Å²) in [6, 6.07) is -2.00. The summed E-state index contributed by atoms with van der Waals surface area (Å²) in [6.45, 7) is 4.55. The molecule has 1 heterocycles. The van der Waals surface area contributed by atoms with Crippen molar-refractivity contribution >= 4 is 29.8 Å². The van der Waals surface area contributed by atoms with Crippen molar-refractivity contribution in [2.24, 2.45) is 5.92 Å². The van der Waals surface area contributed by atoms with E-state index in [0.717, 1.165) is 30.6 Å². The van der Waals surface area contributed by atoms with Gasteiger partial charge in [-0.2, -0.15) is 0 Å². The van der Waals surface area contributed by atoms with Crippen LogP contribution in [0.2, 0.25) is 0 Å². The summed E-state index contributed by atoms with van der Waals surface area (Å²) in [6.07, 6.45) is 4.01. The minimum absolute atomic E-state index is 0.00499. The third kappa shape index (κ3) is 4.15. The van der Waals surface area contributed by atoms with E-state index in [0.29, 0.717) is 10.8 Å². The molecule has 1 saturated heterocycles. The Labute approximate surface area is 146 Å². The van der Waals surface area contributed by atoms with E-state index in [9.17, 15) is 24.0 Å². The molecule has 0 radical (unpaired) electrons. The average molecular weight is 352 g/mol. The number of nitrogens with one attached hydrogen (secondary N) is 2. The first-order chi connectivity index (χ1) is 11.7. The zero-order chi connectivity index (χ0) is 18.7. The maximum absolute atomic E-state index is 12.1. The molecule has 9 heteroatoms. The Balaban J connectivity index is 1.89. The van der Waals surface area contributed by atoms with Crippen LogP contribution in [0.1, 0.15) is 46.5 Å². The van der Waals surface area contributed by atoms with E-state index in [2.05, 4.69) is 10.6 Å². The van der Waals surface area contributed by atoms with Crippen LogP contribution in [0, 0.1) is 5.92 Å². The fraction of sp³-hybridized carbons (Fsp3) is 0.688. The van der Waals surface area contributed by atoms with Gasteiger partial charge < -0.3 is 5.32 Å². The predicted octanol–water partition coefficient (Wildman–Crippen LogP) is 0.590. The number of imide groups is 3. The first-order valence-corrected chi connectivity index (χ1v) is 8.51. The van der Waals surface area contributed by atoms with Crippen molar-refractivity contribution in [2.45, 2.75) is 58.5 Å². The Morgan fingerprint density at radius 1 is 1.12 bits per heavy atom. The van der Waals surface area contributed by atoms with Crippen molar-refractivity contribution in [1.82, 2.24) is 20.4 Å². The topological polar surface area (TPSA) is 116 Å². The number of rotatable bonds is 4. The minimum atomic E-state index is -1.06. The lowest BCUT2D eigenvalue weighted by Gasteiger charge is -2.29. The summed E-state index contributed by atoms with van der Waals surface area (Å²) in [5.74, 6) is -2.52. The molecule has 0 aromatic rings. The number of nitrogens with zero attached hydrogens (tertiary/aromatic N) is 2. The van der Waals surface area contributed by atoms with Gasteiger partial charge in [-0.05, 0) is 32.6 Å². The van der Waals surface area contributed by atoms with Crippen LogP contribution in [0.3, 0.4) is 0 Å². The van der Waals surface area contributed by atoms with Crippen molar-refractivity contribution < 1.29 is 24.0 Å². The molecule has 2 rings (SSSR count). The summed E-state index contributed by atoms with van der Waals surface area (Å²) in [5, 5.41) is 4.86. The van der Waals surface area contributed by atoms with E-state index in [4.69, 9.17) is 0 Å². The predicted molar refractivity (Wildman–Crippen MR) is 87.2 cm³/mol. The zero-order valence-electron chi connectivity index (χ0n) is 14.7. The summed E-state index contributed by atoms with van der Waals surface area (Å²) in [5.41, 5.74) is 0. The van der Waals surface area contributed by atoms with Crippen molar-refractivity contribution in [2.75, 3.05) is 6.54 Å². The molecule has 0 bridgehead atoms. The highest BCUT2D eigenvalue weighted by molar-refractivity contribution is 6.45. The van der Waals surface area contributed by atoms with Gasteiger partial charge in [-0.15, -0.1) is 0 Å². The molecule has 0 aromatic heterocycles. The first kappa shape index (κ1) is 18.9. The normalized spacial score (nSPS) is 24.1. The summed E-state index contributed by atoms with van der Waals surface area (Å²) < 4.78 is 0. The van der Waals surface area contributed by atoms with E-state index in [1.807, 2.05) is 6.92 Å². The largest absolute Gasteiger partial charge is 0.335 e. The Morgan fingerprint density at radius 3 is 2.32 bits per heavy atom. The molecule has 2 aliphatic rings. The lowest BCUT2D eigenvalue weighted by molar-refractivity contribution is -0.144. The highest BCUT2D eigenvalue weighted by Gasteiger charge is 2.46. The van der Waals surface area contributed by atoms with Gasteiger partial charge in [-0.25, -0.2) is 14.5 Å². The van der Waals surface area contributed by atoms with Gasteiger partial charge in [0.25, 0.3) is 0 Å². The summed E-state index contributed by atoms with van der Waals surface area (Å²) >= 11 is 0. The van der Waals surface area contributed by atoms with E-state index in [1.165, 1.54) is 0 Å². The third-order valence-corrected chi connectivity index (χ3v) is 4.58. The van der Waals surface area contributed by atoms with Crippen LogP contribution in [0.4, 0.5) is 9.59 Å². The van der Waals surface area contributed by atoms with Crippen LogP contribution in [0.15, 0.2) is 0 Å². The molecule has 7 amide bonds. The van der Waals surface area contributed by atoms with Crippen LogP contribution in [0.5, 0.6) is 0 Å². The smallest absolute Gasteiger partial charge is 0.334 e. The van der Waals surface area contributed by atoms with Crippen LogP contribution in [-0.4, -0.2) is 58.2 Å². The second-order valence-electron chi connectivity index (χ2n) is 6.83. The lowest BCUT2D eigenvalue weighted by Crippen LogP contribution is -2.50. The van der Waals surface area contributed by atoms with Gasteiger partial charge in [0.05, 0.1) is 0 Å². The van der Waals surface area contributed by atoms with Crippen molar-refractivity contribution in [3.63, 3.8) is 0 Å². The van der Waals surface area contributed by atoms with E-state index in [-0.39, 0.29) is 6.04 Å². The molecular weight excluding hydrogens is 328 g/mol. The molecule has 0 aromatic carbocycles. The Kier molecular flexibility index (Phi) is 5.76. The Hall–Kier alpha value is -2.45. The van der Waals surface area contributed by atoms with Crippen molar-refractivity contribution in [1.29, 1.82) is 0 Å². The van der Waals surface area contributed by atoms with Gasteiger partial charge in [0.15, 0.2) is 0 Å². The summed E-state index contributed by atoms with van der Waals surface area (Å²) in [4.78, 5) is 60.9. The average Bonchev–Trinajstić information content (AvgIpc) is 2.73. The fourth-order valence-electron chi connectivity index (χ4n) is 3.16. The number of hydrogen-bond acceptors (Lipinski definition) is 5. The molecule has 25 heavy (non-hydrogen) atoms. The molecule has 9 nitrogen and oxygen atoms in total. The van der Waals surface area contributed by atoms with Gasteiger partial charge in [-0.3, -0.25) is 24.6 Å². The Morgan fingerprint density at radius 2 is 1.76 bits per heavy atom. The molecule has 2 fully saturated rings. The SMILES string of the molecule is CC(C)N1C(=O)C(=O)N(CC(=O)NC(=O)N[C@H]2CCCC[C@H]2C)C1=O.